The van der Waals surface area contributed by atoms with E-state index in [-0.39, 0.29) is 0 Å². The maximum atomic E-state index is 5.96. The van der Waals surface area contributed by atoms with Gasteiger partial charge in [0.05, 0.1) is 13.7 Å². The van der Waals surface area contributed by atoms with Crippen molar-refractivity contribution in [3.63, 3.8) is 0 Å². The zero-order valence-electron chi connectivity index (χ0n) is 13.9. The summed E-state index contributed by atoms with van der Waals surface area (Å²) >= 11 is 0. The number of benzene rings is 1. The number of ether oxygens (including phenoxy) is 2. The minimum Gasteiger partial charge on any atom is -0.497 e. The number of rotatable bonds is 7. The third-order valence-corrected chi connectivity index (χ3v) is 4.66. The van der Waals surface area contributed by atoms with Crippen LogP contribution < -0.4 is 9.47 Å². The van der Waals surface area contributed by atoms with Crippen LogP contribution in [0.5, 0.6) is 11.5 Å². The van der Waals surface area contributed by atoms with E-state index in [0.717, 1.165) is 30.4 Å². The van der Waals surface area contributed by atoms with Crippen molar-refractivity contribution < 1.29 is 9.47 Å². The molecular weight excluding hydrogens is 260 g/mol. The molecule has 2 rings (SSSR count). The molecule has 21 heavy (non-hydrogen) atoms. The highest BCUT2D eigenvalue weighted by molar-refractivity contribution is 5.42. The topological polar surface area (TPSA) is 18.5 Å². The van der Waals surface area contributed by atoms with Gasteiger partial charge in [-0.2, -0.15) is 0 Å². The van der Waals surface area contributed by atoms with Crippen molar-refractivity contribution in [3.05, 3.63) is 23.8 Å². The summed E-state index contributed by atoms with van der Waals surface area (Å²) in [6, 6.07) is 6.29. The molecule has 1 aromatic rings. The van der Waals surface area contributed by atoms with Crippen LogP contribution in [0.3, 0.4) is 0 Å². The average Bonchev–Trinajstić information content (AvgIpc) is 2.54. The first-order chi connectivity index (χ1) is 10.3. The fourth-order valence-electron chi connectivity index (χ4n) is 3.49. The Balaban J connectivity index is 2.09. The second-order valence-corrected chi connectivity index (χ2v) is 6.26. The Hall–Kier alpha value is -1.18. The summed E-state index contributed by atoms with van der Waals surface area (Å²) in [7, 11) is 1.74. The quantitative estimate of drug-likeness (QED) is 0.654. The van der Waals surface area contributed by atoms with Gasteiger partial charge in [0.25, 0.3) is 0 Å². The zero-order valence-corrected chi connectivity index (χ0v) is 13.9. The Morgan fingerprint density at radius 2 is 1.81 bits per heavy atom. The van der Waals surface area contributed by atoms with Crippen LogP contribution in [0.1, 0.15) is 70.3 Å². The molecule has 0 aromatic heterocycles. The Morgan fingerprint density at radius 3 is 2.43 bits per heavy atom. The molecule has 1 aliphatic rings. The molecule has 0 saturated heterocycles. The van der Waals surface area contributed by atoms with Gasteiger partial charge >= 0.3 is 0 Å². The Labute approximate surface area is 129 Å². The van der Waals surface area contributed by atoms with Gasteiger partial charge in [-0.05, 0) is 62.1 Å². The summed E-state index contributed by atoms with van der Waals surface area (Å²) in [5.41, 5.74) is 1.36. The maximum absolute atomic E-state index is 5.96. The van der Waals surface area contributed by atoms with E-state index in [4.69, 9.17) is 9.47 Å². The normalized spacial score (nSPS) is 22.0. The molecule has 0 unspecified atom stereocenters. The number of methoxy groups -OCH3 is 1. The molecule has 0 N–H and O–H groups in total. The summed E-state index contributed by atoms with van der Waals surface area (Å²) in [5, 5.41) is 0. The summed E-state index contributed by atoms with van der Waals surface area (Å²) in [6.07, 6.45) is 9.07. The minimum absolute atomic E-state index is 0.639. The molecule has 1 fully saturated rings. The number of hydrogen-bond acceptors (Lipinski definition) is 2. The first kappa shape index (κ1) is 16.2. The second-order valence-electron chi connectivity index (χ2n) is 6.26. The lowest BCUT2D eigenvalue weighted by Gasteiger charge is -2.29. The van der Waals surface area contributed by atoms with Crippen molar-refractivity contribution >= 4 is 0 Å². The summed E-state index contributed by atoms with van der Waals surface area (Å²) in [4.78, 5) is 0. The molecule has 1 saturated carbocycles. The van der Waals surface area contributed by atoms with Crippen molar-refractivity contribution in [2.75, 3.05) is 13.7 Å². The van der Waals surface area contributed by atoms with Gasteiger partial charge in [0, 0.05) is 5.56 Å². The first-order valence-corrected chi connectivity index (χ1v) is 8.59. The molecule has 1 aromatic carbocycles. The molecule has 0 aliphatic heterocycles. The molecule has 0 atom stereocenters. The molecule has 0 spiro atoms. The van der Waals surface area contributed by atoms with Gasteiger partial charge in [0.2, 0.25) is 0 Å². The monoisotopic (exact) mass is 290 g/mol. The fraction of sp³-hybridized carbons (Fsp3) is 0.684. The summed E-state index contributed by atoms with van der Waals surface area (Å²) < 4.78 is 11.4. The lowest BCUT2D eigenvalue weighted by atomic mass is 9.77. The van der Waals surface area contributed by atoms with Crippen molar-refractivity contribution in [2.45, 2.75) is 64.7 Å². The predicted molar refractivity (Wildman–Crippen MR) is 88.4 cm³/mol. The van der Waals surface area contributed by atoms with Crippen molar-refractivity contribution in [1.29, 1.82) is 0 Å². The number of hydrogen-bond donors (Lipinski definition) is 0. The van der Waals surface area contributed by atoms with Crippen LogP contribution in [-0.4, -0.2) is 13.7 Å². The van der Waals surface area contributed by atoms with Gasteiger partial charge in [0.1, 0.15) is 11.5 Å². The molecule has 118 valence electrons. The Kier molecular flexibility index (Phi) is 6.41. The van der Waals surface area contributed by atoms with E-state index >= 15 is 0 Å². The molecule has 0 heterocycles. The van der Waals surface area contributed by atoms with E-state index in [1.54, 1.807) is 7.11 Å². The average molecular weight is 290 g/mol. The summed E-state index contributed by atoms with van der Waals surface area (Å²) in [6.45, 7) is 5.24. The van der Waals surface area contributed by atoms with Crippen LogP contribution in [0.2, 0.25) is 0 Å². The highest BCUT2D eigenvalue weighted by Crippen LogP contribution is 2.42. The lowest BCUT2D eigenvalue weighted by molar-refractivity contribution is 0.286. The van der Waals surface area contributed by atoms with E-state index in [2.05, 4.69) is 26.0 Å². The van der Waals surface area contributed by atoms with Crippen molar-refractivity contribution in [2.24, 2.45) is 5.92 Å². The molecule has 0 bridgehead atoms. The van der Waals surface area contributed by atoms with Crippen LogP contribution in [0.15, 0.2) is 18.2 Å². The lowest BCUT2D eigenvalue weighted by Crippen LogP contribution is -2.14. The van der Waals surface area contributed by atoms with Crippen LogP contribution in [-0.2, 0) is 0 Å². The summed E-state index contributed by atoms with van der Waals surface area (Å²) in [5.74, 6) is 3.60. The van der Waals surface area contributed by atoms with Crippen LogP contribution in [0.25, 0.3) is 0 Å². The molecule has 1 aliphatic carbocycles. The molecule has 2 nitrogen and oxygen atoms in total. The standard InChI is InChI=1S/C19H30O2/c1-4-6-15-7-9-16(10-8-15)18-14-17(20-3)11-12-19(18)21-13-5-2/h11-12,14-16H,4-10,13H2,1-3H3. The first-order valence-electron chi connectivity index (χ1n) is 8.59. The van der Waals surface area contributed by atoms with Gasteiger partial charge in [-0.3, -0.25) is 0 Å². The smallest absolute Gasteiger partial charge is 0.123 e. The van der Waals surface area contributed by atoms with Gasteiger partial charge in [-0.15, -0.1) is 0 Å². The van der Waals surface area contributed by atoms with Gasteiger partial charge in [0.15, 0.2) is 0 Å². The van der Waals surface area contributed by atoms with Crippen LogP contribution in [0, 0.1) is 5.92 Å². The van der Waals surface area contributed by atoms with E-state index in [1.165, 1.54) is 44.1 Å². The maximum Gasteiger partial charge on any atom is 0.123 e. The van der Waals surface area contributed by atoms with Gasteiger partial charge < -0.3 is 9.47 Å². The van der Waals surface area contributed by atoms with E-state index in [1.807, 2.05) is 6.07 Å². The Morgan fingerprint density at radius 1 is 1.05 bits per heavy atom. The largest absolute Gasteiger partial charge is 0.497 e. The van der Waals surface area contributed by atoms with E-state index in [0.29, 0.717) is 5.92 Å². The molecule has 2 heteroatoms. The SMILES string of the molecule is CCCOc1ccc(OC)cc1C1CCC(CCC)CC1. The van der Waals surface area contributed by atoms with Crippen molar-refractivity contribution in [3.8, 4) is 11.5 Å². The van der Waals surface area contributed by atoms with Crippen LogP contribution in [0.4, 0.5) is 0 Å². The zero-order chi connectivity index (χ0) is 15.1. The third kappa shape index (κ3) is 4.39. The highest BCUT2D eigenvalue weighted by Gasteiger charge is 2.24. The third-order valence-electron chi connectivity index (χ3n) is 4.66. The van der Waals surface area contributed by atoms with E-state index in [9.17, 15) is 0 Å². The molecular formula is C19H30O2. The molecule has 0 radical (unpaired) electrons. The van der Waals surface area contributed by atoms with Gasteiger partial charge in [-0.25, -0.2) is 0 Å². The predicted octanol–water partition coefficient (Wildman–Crippen LogP) is 5.56. The fourth-order valence-corrected chi connectivity index (χ4v) is 3.49. The minimum atomic E-state index is 0.639. The molecule has 0 amide bonds. The Bertz CT molecular complexity index is 420. The van der Waals surface area contributed by atoms with Crippen LogP contribution >= 0.6 is 0 Å². The second kappa shape index (κ2) is 8.31. The van der Waals surface area contributed by atoms with Crippen molar-refractivity contribution in [1.82, 2.24) is 0 Å². The van der Waals surface area contributed by atoms with E-state index < -0.39 is 0 Å². The highest BCUT2D eigenvalue weighted by atomic mass is 16.5. The van der Waals surface area contributed by atoms with Gasteiger partial charge in [-0.1, -0.05) is 26.7 Å².